The number of rotatable bonds is 6. The molecule has 1 aliphatic heterocycles. The van der Waals surface area contributed by atoms with Crippen molar-refractivity contribution in [1.29, 1.82) is 0 Å². The minimum atomic E-state index is 0.654. The summed E-state index contributed by atoms with van der Waals surface area (Å²) >= 11 is 0. The van der Waals surface area contributed by atoms with Crippen molar-refractivity contribution < 1.29 is 4.74 Å². The summed E-state index contributed by atoms with van der Waals surface area (Å²) in [6.45, 7) is 9.17. The van der Waals surface area contributed by atoms with E-state index >= 15 is 0 Å². The molecule has 1 fully saturated rings. The van der Waals surface area contributed by atoms with Crippen LogP contribution in [0.15, 0.2) is 24.3 Å². The first-order chi connectivity index (χ1) is 9.69. The van der Waals surface area contributed by atoms with Gasteiger partial charge in [-0.3, -0.25) is 0 Å². The molecule has 3 nitrogen and oxygen atoms in total. The van der Waals surface area contributed by atoms with Gasteiger partial charge in [0.25, 0.3) is 0 Å². The molecule has 112 valence electrons. The fourth-order valence-electron chi connectivity index (χ4n) is 3.01. The van der Waals surface area contributed by atoms with E-state index < -0.39 is 0 Å². The minimum Gasteiger partial charge on any atom is -0.496 e. The maximum atomic E-state index is 5.43. The Hall–Kier alpha value is -1.06. The molecule has 20 heavy (non-hydrogen) atoms. The molecule has 2 rings (SSSR count). The van der Waals surface area contributed by atoms with Crippen molar-refractivity contribution in [3.63, 3.8) is 0 Å². The molecule has 1 aromatic rings. The fourth-order valence-corrected chi connectivity index (χ4v) is 3.01. The Labute approximate surface area is 123 Å². The van der Waals surface area contributed by atoms with Crippen molar-refractivity contribution in [2.75, 3.05) is 33.3 Å². The van der Waals surface area contributed by atoms with Crippen molar-refractivity contribution in [1.82, 2.24) is 10.2 Å². The average Bonchev–Trinajstić information content (AvgIpc) is 2.45. The predicted molar refractivity (Wildman–Crippen MR) is 84.4 cm³/mol. The third-order valence-corrected chi connectivity index (χ3v) is 3.99. The molecule has 0 amide bonds. The summed E-state index contributed by atoms with van der Waals surface area (Å²) in [6.07, 6.45) is 2.34. The van der Waals surface area contributed by atoms with Crippen molar-refractivity contribution in [3.8, 4) is 5.75 Å². The summed E-state index contributed by atoms with van der Waals surface area (Å²) < 4.78 is 5.43. The number of nitrogens with one attached hydrogen (secondary N) is 1. The van der Waals surface area contributed by atoms with Crippen LogP contribution < -0.4 is 10.1 Å². The van der Waals surface area contributed by atoms with Crippen LogP contribution in [0, 0.1) is 5.92 Å². The molecular weight excluding hydrogens is 248 g/mol. The molecule has 1 atom stereocenters. The lowest BCUT2D eigenvalue weighted by atomic mass is 10.0. The third kappa shape index (κ3) is 4.50. The van der Waals surface area contributed by atoms with E-state index in [1.54, 1.807) is 7.11 Å². The van der Waals surface area contributed by atoms with Gasteiger partial charge in [-0.2, -0.15) is 0 Å². The highest BCUT2D eigenvalue weighted by Gasteiger charge is 2.19. The van der Waals surface area contributed by atoms with E-state index in [1.165, 1.54) is 18.5 Å². The maximum absolute atomic E-state index is 5.43. The SMILES string of the molecule is COc1ccccc1CCN1CCNC(CC(C)C)C1. The molecule has 1 unspecified atom stereocenters. The lowest BCUT2D eigenvalue weighted by Crippen LogP contribution is -2.51. The van der Waals surface area contributed by atoms with E-state index in [2.05, 4.69) is 42.3 Å². The molecule has 1 aromatic carbocycles. The predicted octanol–water partition coefficient (Wildman–Crippen LogP) is 2.56. The van der Waals surface area contributed by atoms with Crippen molar-refractivity contribution in [2.45, 2.75) is 32.7 Å². The number of para-hydroxylation sites is 1. The van der Waals surface area contributed by atoms with E-state index in [-0.39, 0.29) is 0 Å². The number of piperazine rings is 1. The van der Waals surface area contributed by atoms with Crippen LogP contribution in [0.5, 0.6) is 5.75 Å². The number of methoxy groups -OCH3 is 1. The van der Waals surface area contributed by atoms with Crippen LogP contribution in [0.4, 0.5) is 0 Å². The molecule has 0 aromatic heterocycles. The molecule has 0 spiro atoms. The first kappa shape index (κ1) is 15.3. The molecule has 0 aliphatic carbocycles. The monoisotopic (exact) mass is 276 g/mol. The number of ether oxygens (including phenoxy) is 1. The normalized spacial score (nSPS) is 20.3. The van der Waals surface area contributed by atoms with Gasteiger partial charge in [0, 0.05) is 32.2 Å². The van der Waals surface area contributed by atoms with Gasteiger partial charge >= 0.3 is 0 Å². The van der Waals surface area contributed by atoms with Crippen LogP contribution in [0.1, 0.15) is 25.8 Å². The van der Waals surface area contributed by atoms with Crippen LogP contribution in [0.25, 0.3) is 0 Å². The molecule has 1 aliphatic rings. The van der Waals surface area contributed by atoms with Crippen molar-refractivity contribution in [2.24, 2.45) is 5.92 Å². The van der Waals surface area contributed by atoms with Crippen LogP contribution in [0.3, 0.4) is 0 Å². The first-order valence-electron chi connectivity index (χ1n) is 7.76. The van der Waals surface area contributed by atoms with Crippen LogP contribution in [0.2, 0.25) is 0 Å². The zero-order chi connectivity index (χ0) is 14.4. The summed E-state index contributed by atoms with van der Waals surface area (Å²) in [4.78, 5) is 2.58. The maximum Gasteiger partial charge on any atom is 0.122 e. The van der Waals surface area contributed by atoms with E-state index in [0.717, 1.165) is 37.7 Å². The number of hydrogen-bond donors (Lipinski definition) is 1. The smallest absolute Gasteiger partial charge is 0.122 e. The quantitative estimate of drug-likeness (QED) is 0.864. The van der Waals surface area contributed by atoms with Crippen LogP contribution in [-0.4, -0.2) is 44.2 Å². The van der Waals surface area contributed by atoms with E-state index in [0.29, 0.717) is 6.04 Å². The second kappa shape index (κ2) is 7.65. The number of benzene rings is 1. The fraction of sp³-hybridized carbons (Fsp3) is 0.647. The van der Waals surface area contributed by atoms with Gasteiger partial charge in [0.1, 0.15) is 5.75 Å². The zero-order valence-electron chi connectivity index (χ0n) is 13.1. The summed E-state index contributed by atoms with van der Waals surface area (Å²) in [5.41, 5.74) is 1.31. The molecule has 3 heteroatoms. The number of hydrogen-bond acceptors (Lipinski definition) is 3. The Kier molecular flexibility index (Phi) is 5.86. The van der Waals surface area contributed by atoms with Crippen LogP contribution >= 0.6 is 0 Å². The molecule has 1 saturated heterocycles. The standard InChI is InChI=1S/C17H28N2O/c1-14(2)12-16-13-19(11-9-18-16)10-8-15-6-4-5-7-17(15)20-3/h4-7,14,16,18H,8-13H2,1-3H3. The average molecular weight is 276 g/mol. The third-order valence-electron chi connectivity index (χ3n) is 3.99. The van der Waals surface area contributed by atoms with Gasteiger partial charge in [-0.15, -0.1) is 0 Å². The van der Waals surface area contributed by atoms with Gasteiger partial charge < -0.3 is 15.0 Å². The van der Waals surface area contributed by atoms with Gasteiger partial charge in [0.15, 0.2) is 0 Å². The van der Waals surface area contributed by atoms with Crippen molar-refractivity contribution >= 4 is 0 Å². The van der Waals surface area contributed by atoms with Gasteiger partial charge in [-0.05, 0) is 30.4 Å². The Morgan fingerprint density at radius 1 is 1.35 bits per heavy atom. The molecule has 1 heterocycles. The highest BCUT2D eigenvalue weighted by atomic mass is 16.5. The topological polar surface area (TPSA) is 24.5 Å². The molecule has 0 bridgehead atoms. The lowest BCUT2D eigenvalue weighted by molar-refractivity contribution is 0.188. The molecule has 1 N–H and O–H groups in total. The Bertz CT molecular complexity index is 406. The minimum absolute atomic E-state index is 0.654. The Morgan fingerprint density at radius 3 is 2.90 bits per heavy atom. The van der Waals surface area contributed by atoms with E-state index in [1.807, 2.05) is 6.07 Å². The Morgan fingerprint density at radius 2 is 2.15 bits per heavy atom. The molecule has 0 saturated carbocycles. The highest BCUT2D eigenvalue weighted by molar-refractivity contribution is 5.33. The van der Waals surface area contributed by atoms with Crippen molar-refractivity contribution in [3.05, 3.63) is 29.8 Å². The highest BCUT2D eigenvalue weighted by Crippen LogP contribution is 2.18. The summed E-state index contributed by atoms with van der Waals surface area (Å²) in [7, 11) is 1.75. The van der Waals surface area contributed by atoms with E-state index in [4.69, 9.17) is 4.74 Å². The molecule has 0 radical (unpaired) electrons. The molecular formula is C17H28N2O. The first-order valence-corrected chi connectivity index (χ1v) is 7.76. The number of nitrogens with zero attached hydrogens (tertiary/aromatic N) is 1. The Balaban J connectivity index is 1.84. The van der Waals surface area contributed by atoms with Gasteiger partial charge in [0.05, 0.1) is 7.11 Å². The second-order valence-corrected chi connectivity index (χ2v) is 6.14. The summed E-state index contributed by atoms with van der Waals surface area (Å²) in [5.74, 6) is 1.78. The van der Waals surface area contributed by atoms with Gasteiger partial charge in [-0.25, -0.2) is 0 Å². The van der Waals surface area contributed by atoms with E-state index in [9.17, 15) is 0 Å². The van der Waals surface area contributed by atoms with Crippen LogP contribution in [-0.2, 0) is 6.42 Å². The summed E-state index contributed by atoms with van der Waals surface area (Å²) in [5, 5.41) is 3.63. The second-order valence-electron chi connectivity index (χ2n) is 6.14. The largest absolute Gasteiger partial charge is 0.496 e. The lowest BCUT2D eigenvalue weighted by Gasteiger charge is -2.34. The van der Waals surface area contributed by atoms with Gasteiger partial charge in [-0.1, -0.05) is 32.0 Å². The summed E-state index contributed by atoms with van der Waals surface area (Å²) in [6, 6.07) is 9.01. The van der Waals surface area contributed by atoms with Gasteiger partial charge in [0.2, 0.25) is 0 Å². The zero-order valence-corrected chi connectivity index (χ0v) is 13.1.